The number of methoxy groups -OCH3 is 1. The number of nitriles is 1. The third-order valence-corrected chi connectivity index (χ3v) is 5.14. The zero-order valence-electron chi connectivity index (χ0n) is 15.5. The van der Waals surface area contributed by atoms with Gasteiger partial charge in [0.2, 0.25) is 0 Å². The van der Waals surface area contributed by atoms with Crippen LogP contribution in [-0.4, -0.2) is 28.9 Å². The quantitative estimate of drug-likeness (QED) is 0.610. The predicted octanol–water partition coefficient (Wildman–Crippen LogP) is 4.78. The Morgan fingerprint density at radius 2 is 1.79 bits per heavy atom. The van der Waals surface area contributed by atoms with Crippen molar-refractivity contribution in [3.05, 3.63) is 65.7 Å². The van der Waals surface area contributed by atoms with E-state index in [4.69, 9.17) is 9.84 Å². The number of aryl methyl sites for hydroxylation is 1. The molecule has 0 amide bonds. The molecular weight excluding hydrogens is 372 g/mol. The number of carboxylic acids is 1. The fourth-order valence-electron chi connectivity index (χ4n) is 2.73. The summed E-state index contributed by atoms with van der Waals surface area (Å²) in [5.74, 6) is -0.389. The van der Waals surface area contributed by atoms with E-state index >= 15 is 0 Å². The topological polar surface area (TPSA) is 83.2 Å². The van der Waals surface area contributed by atoms with Crippen LogP contribution in [0.5, 0.6) is 5.75 Å². The zero-order chi connectivity index (χ0) is 20.1. The molecule has 1 N–H and O–H groups in total. The lowest BCUT2D eigenvalue weighted by Gasteiger charge is -2.12. The fourth-order valence-corrected chi connectivity index (χ4v) is 3.46. The highest BCUT2D eigenvalue weighted by molar-refractivity contribution is 7.99. The summed E-state index contributed by atoms with van der Waals surface area (Å²) in [6.07, 6.45) is 0. The fraction of sp³-hybridized carbons (Fsp3) is 0.136. The second-order valence-corrected chi connectivity index (χ2v) is 7.09. The highest BCUT2D eigenvalue weighted by Gasteiger charge is 2.17. The maximum absolute atomic E-state index is 11.0. The molecule has 0 radical (unpaired) electrons. The van der Waals surface area contributed by atoms with E-state index in [0.717, 1.165) is 39.8 Å². The minimum atomic E-state index is -0.956. The first kappa shape index (κ1) is 19.5. The molecule has 5 nitrogen and oxygen atoms in total. The molecule has 0 spiro atoms. The van der Waals surface area contributed by atoms with Crippen LogP contribution in [0.25, 0.3) is 22.4 Å². The summed E-state index contributed by atoms with van der Waals surface area (Å²) in [5.41, 5.74) is 4.65. The number of ether oxygens (including phenoxy) is 1. The number of pyridine rings is 1. The van der Waals surface area contributed by atoms with Crippen LogP contribution in [-0.2, 0) is 4.79 Å². The van der Waals surface area contributed by atoms with E-state index < -0.39 is 5.97 Å². The number of rotatable bonds is 6. The smallest absolute Gasteiger partial charge is 0.313 e. The second kappa shape index (κ2) is 8.59. The van der Waals surface area contributed by atoms with Crippen LogP contribution in [0.1, 0.15) is 11.1 Å². The van der Waals surface area contributed by atoms with Gasteiger partial charge in [0.05, 0.1) is 24.1 Å². The van der Waals surface area contributed by atoms with Crippen molar-refractivity contribution < 1.29 is 14.6 Å². The van der Waals surface area contributed by atoms with Crippen LogP contribution >= 0.6 is 11.8 Å². The highest BCUT2D eigenvalue weighted by Crippen LogP contribution is 2.34. The minimum absolute atomic E-state index is 0.166. The van der Waals surface area contributed by atoms with Crippen LogP contribution in [0.15, 0.2) is 59.6 Å². The summed E-state index contributed by atoms with van der Waals surface area (Å²) in [4.78, 5) is 15.6. The Hall–Kier alpha value is -3.30. The molecule has 1 heterocycles. The van der Waals surface area contributed by atoms with Crippen molar-refractivity contribution in [2.75, 3.05) is 12.9 Å². The third-order valence-electron chi connectivity index (χ3n) is 4.18. The maximum atomic E-state index is 11.0. The van der Waals surface area contributed by atoms with Crippen molar-refractivity contribution in [3.63, 3.8) is 0 Å². The van der Waals surface area contributed by atoms with E-state index in [1.807, 2.05) is 61.5 Å². The number of benzene rings is 2. The number of aromatic nitrogens is 1. The number of carboxylic acid groups (broad SMARTS) is 1. The lowest BCUT2D eigenvalue weighted by Crippen LogP contribution is -2.01. The third kappa shape index (κ3) is 4.33. The Morgan fingerprint density at radius 1 is 1.14 bits per heavy atom. The second-order valence-electron chi connectivity index (χ2n) is 6.12. The molecule has 3 rings (SSSR count). The highest BCUT2D eigenvalue weighted by atomic mass is 32.2. The van der Waals surface area contributed by atoms with Gasteiger partial charge in [0.25, 0.3) is 0 Å². The average Bonchev–Trinajstić information content (AvgIpc) is 2.72. The van der Waals surface area contributed by atoms with Crippen molar-refractivity contribution in [1.29, 1.82) is 5.26 Å². The van der Waals surface area contributed by atoms with E-state index in [1.165, 1.54) is 0 Å². The Balaban J connectivity index is 2.17. The molecule has 0 aliphatic heterocycles. The van der Waals surface area contributed by atoms with Crippen LogP contribution in [0.2, 0.25) is 0 Å². The van der Waals surface area contributed by atoms with Gasteiger partial charge in [-0.25, -0.2) is 4.98 Å². The standard InChI is InChI=1S/C22H18N2O3S/c1-14-3-5-15(6-4-14)18-11-20(16-7-9-17(27-2)10-8-16)24-22(19(18)12-23)28-13-21(25)26/h3-11H,13H2,1-2H3,(H,25,26). The van der Waals surface area contributed by atoms with E-state index in [9.17, 15) is 10.1 Å². The molecule has 0 aliphatic rings. The maximum Gasteiger partial charge on any atom is 0.313 e. The van der Waals surface area contributed by atoms with Gasteiger partial charge in [-0.05, 0) is 42.8 Å². The molecule has 0 atom stereocenters. The molecule has 28 heavy (non-hydrogen) atoms. The summed E-state index contributed by atoms with van der Waals surface area (Å²) in [6.45, 7) is 2.00. The first-order chi connectivity index (χ1) is 13.5. The Kier molecular flexibility index (Phi) is 5.97. The Bertz CT molecular complexity index is 1040. The van der Waals surface area contributed by atoms with Crippen molar-refractivity contribution in [2.45, 2.75) is 11.9 Å². The first-order valence-electron chi connectivity index (χ1n) is 8.53. The molecule has 1 aromatic heterocycles. The summed E-state index contributed by atoms with van der Waals surface area (Å²) >= 11 is 1.05. The molecular formula is C22H18N2O3S. The zero-order valence-corrected chi connectivity index (χ0v) is 16.3. The van der Waals surface area contributed by atoms with E-state index in [2.05, 4.69) is 11.1 Å². The van der Waals surface area contributed by atoms with Gasteiger partial charge in [0.15, 0.2) is 0 Å². The molecule has 0 unspecified atom stereocenters. The van der Waals surface area contributed by atoms with Crippen molar-refractivity contribution in [2.24, 2.45) is 0 Å². The molecule has 0 aliphatic carbocycles. The van der Waals surface area contributed by atoms with E-state index in [-0.39, 0.29) is 5.75 Å². The van der Waals surface area contributed by atoms with Crippen LogP contribution in [0.4, 0.5) is 0 Å². The van der Waals surface area contributed by atoms with Crippen molar-refractivity contribution in [3.8, 4) is 34.2 Å². The minimum Gasteiger partial charge on any atom is -0.497 e. The molecule has 0 saturated carbocycles. The molecule has 0 fully saturated rings. The van der Waals surface area contributed by atoms with Gasteiger partial charge < -0.3 is 9.84 Å². The molecule has 0 bridgehead atoms. The lowest BCUT2D eigenvalue weighted by atomic mass is 9.98. The van der Waals surface area contributed by atoms with E-state index in [0.29, 0.717) is 16.3 Å². The monoisotopic (exact) mass is 390 g/mol. The molecule has 0 saturated heterocycles. The largest absolute Gasteiger partial charge is 0.497 e. The van der Waals surface area contributed by atoms with E-state index in [1.54, 1.807) is 7.11 Å². The Labute approximate surface area is 167 Å². The summed E-state index contributed by atoms with van der Waals surface area (Å²) < 4.78 is 5.20. The van der Waals surface area contributed by atoms with Crippen LogP contribution in [0.3, 0.4) is 0 Å². The Morgan fingerprint density at radius 3 is 2.36 bits per heavy atom. The van der Waals surface area contributed by atoms with Gasteiger partial charge in [-0.15, -0.1) is 0 Å². The summed E-state index contributed by atoms with van der Waals surface area (Å²) in [7, 11) is 1.60. The average molecular weight is 390 g/mol. The lowest BCUT2D eigenvalue weighted by molar-refractivity contribution is -0.133. The van der Waals surface area contributed by atoms with Gasteiger partial charge >= 0.3 is 5.97 Å². The number of nitrogens with zero attached hydrogens (tertiary/aromatic N) is 2. The molecule has 3 aromatic rings. The van der Waals surface area contributed by atoms with Gasteiger partial charge in [0, 0.05) is 11.1 Å². The first-order valence-corrected chi connectivity index (χ1v) is 9.51. The predicted molar refractivity (Wildman–Crippen MR) is 109 cm³/mol. The van der Waals surface area contributed by atoms with Gasteiger partial charge in [-0.2, -0.15) is 5.26 Å². The number of hydrogen-bond acceptors (Lipinski definition) is 5. The molecule has 140 valence electrons. The summed E-state index contributed by atoms with van der Waals surface area (Å²) in [6, 6.07) is 19.4. The summed E-state index contributed by atoms with van der Waals surface area (Å²) in [5, 5.41) is 19.2. The van der Waals surface area contributed by atoms with Gasteiger partial charge in [0.1, 0.15) is 16.8 Å². The van der Waals surface area contributed by atoms with Crippen LogP contribution in [0, 0.1) is 18.3 Å². The number of carbonyl (C=O) groups is 1. The molecule has 2 aromatic carbocycles. The van der Waals surface area contributed by atoms with Gasteiger partial charge in [-0.3, -0.25) is 4.79 Å². The number of aliphatic carboxylic acids is 1. The molecule has 6 heteroatoms. The normalized spacial score (nSPS) is 10.3. The number of hydrogen-bond donors (Lipinski definition) is 1. The van der Waals surface area contributed by atoms with Crippen LogP contribution < -0.4 is 4.74 Å². The SMILES string of the molecule is COc1ccc(-c2cc(-c3ccc(C)cc3)c(C#N)c(SCC(=O)O)n2)cc1. The van der Waals surface area contributed by atoms with Crippen molar-refractivity contribution in [1.82, 2.24) is 4.98 Å². The van der Waals surface area contributed by atoms with Gasteiger partial charge in [-0.1, -0.05) is 41.6 Å². The number of thioether (sulfide) groups is 1. The van der Waals surface area contributed by atoms with Crippen molar-refractivity contribution >= 4 is 17.7 Å².